The molecule has 0 spiro atoms. The molecule has 0 aliphatic carbocycles. The number of nitrogens with two attached hydrogens (primary N) is 1. The predicted octanol–water partition coefficient (Wildman–Crippen LogP) is 1.86. The van der Waals surface area contributed by atoms with Gasteiger partial charge in [-0.15, -0.1) is 0 Å². The van der Waals surface area contributed by atoms with Crippen LogP contribution in [0.15, 0.2) is 10.7 Å². The zero-order valence-electron chi connectivity index (χ0n) is 10.7. The lowest BCUT2D eigenvalue weighted by Gasteiger charge is -2.05. The Morgan fingerprint density at radius 1 is 1.59 bits per heavy atom. The van der Waals surface area contributed by atoms with Crippen LogP contribution in [0.1, 0.15) is 56.0 Å². The molecule has 1 rings (SSSR count). The molecule has 17 heavy (non-hydrogen) atoms. The van der Waals surface area contributed by atoms with Crippen molar-refractivity contribution < 1.29 is 9.21 Å². The average molecular weight is 239 g/mol. The molecule has 1 aromatic heterocycles. The maximum absolute atomic E-state index is 11.7. The average Bonchev–Trinajstić information content (AvgIpc) is 2.76. The van der Waals surface area contributed by atoms with Gasteiger partial charge in [-0.2, -0.15) is 0 Å². The molecule has 0 saturated heterocycles. The van der Waals surface area contributed by atoms with E-state index >= 15 is 0 Å². The van der Waals surface area contributed by atoms with Crippen molar-refractivity contribution in [3.05, 3.63) is 17.8 Å². The summed E-state index contributed by atoms with van der Waals surface area (Å²) in [6.45, 7) is 6.82. The van der Waals surface area contributed by atoms with Gasteiger partial charge in [0.15, 0.2) is 5.69 Å². The van der Waals surface area contributed by atoms with Crippen LogP contribution in [0, 0.1) is 5.92 Å². The van der Waals surface area contributed by atoms with Crippen LogP contribution in [0.4, 0.5) is 0 Å². The largest absolute Gasteiger partial charge is 0.446 e. The van der Waals surface area contributed by atoms with Crippen LogP contribution in [-0.2, 0) is 0 Å². The van der Waals surface area contributed by atoms with E-state index in [2.05, 4.69) is 24.1 Å². The van der Waals surface area contributed by atoms with Crippen LogP contribution in [0.25, 0.3) is 0 Å². The first kappa shape index (κ1) is 13.7. The fourth-order valence-corrected chi connectivity index (χ4v) is 1.30. The van der Waals surface area contributed by atoms with Gasteiger partial charge in [-0.1, -0.05) is 20.8 Å². The summed E-state index contributed by atoms with van der Waals surface area (Å²) in [4.78, 5) is 15.8. The van der Waals surface area contributed by atoms with E-state index in [1.165, 1.54) is 6.26 Å². The van der Waals surface area contributed by atoms with Crippen LogP contribution >= 0.6 is 0 Å². The number of nitrogens with zero attached hydrogens (tertiary/aromatic N) is 1. The van der Waals surface area contributed by atoms with E-state index in [-0.39, 0.29) is 11.9 Å². The van der Waals surface area contributed by atoms with Crippen molar-refractivity contribution in [3.63, 3.8) is 0 Å². The Balaban J connectivity index is 2.49. The van der Waals surface area contributed by atoms with Crippen LogP contribution in [0.2, 0.25) is 0 Å². The normalized spacial score (nSPS) is 12.8. The van der Waals surface area contributed by atoms with Gasteiger partial charge in [-0.25, -0.2) is 4.98 Å². The molecule has 0 bridgehead atoms. The lowest BCUT2D eigenvalue weighted by molar-refractivity contribution is 0.0947. The Morgan fingerprint density at radius 2 is 2.29 bits per heavy atom. The topological polar surface area (TPSA) is 81.1 Å². The maximum atomic E-state index is 11.7. The predicted molar refractivity (Wildman–Crippen MR) is 65.5 cm³/mol. The van der Waals surface area contributed by atoms with Gasteiger partial charge in [0.1, 0.15) is 6.26 Å². The number of aromatic nitrogens is 1. The molecule has 96 valence electrons. The van der Waals surface area contributed by atoms with Gasteiger partial charge in [-0.05, 0) is 18.8 Å². The second-order valence-electron chi connectivity index (χ2n) is 4.52. The molecule has 0 aliphatic heterocycles. The summed E-state index contributed by atoms with van der Waals surface area (Å²) in [5.41, 5.74) is 6.06. The second kappa shape index (κ2) is 6.39. The molecule has 0 aliphatic rings. The number of carbonyl (C=O) groups excluding carboxylic acids is 1. The van der Waals surface area contributed by atoms with Gasteiger partial charge < -0.3 is 15.5 Å². The van der Waals surface area contributed by atoms with Gasteiger partial charge in [0.25, 0.3) is 5.91 Å². The van der Waals surface area contributed by atoms with Crippen LogP contribution in [-0.4, -0.2) is 17.4 Å². The summed E-state index contributed by atoms with van der Waals surface area (Å²) in [5, 5.41) is 2.80. The van der Waals surface area contributed by atoms with Crippen molar-refractivity contribution >= 4 is 5.91 Å². The number of amides is 1. The Labute approximate surface area is 102 Å². The number of carbonyl (C=O) groups is 1. The van der Waals surface area contributed by atoms with Gasteiger partial charge in [0.05, 0.1) is 6.04 Å². The molecule has 5 heteroatoms. The summed E-state index contributed by atoms with van der Waals surface area (Å²) in [7, 11) is 0. The first-order chi connectivity index (χ1) is 8.04. The zero-order chi connectivity index (χ0) is 12.8. The Bertz CT molecular complexity index is 360. The van der Waals surface area contributed by atoms with Crippen molar-refractivity contribution in [2.24, 2.45) is 11.7 Å². The summed E-state index contributed by atoms with van der Waals surface area (Å²) >= 11 is 0. The zero-order valence-corrected chi connectivity index (χ0v) is 10.7. The highest BCUT2D eigenvalue weighted by Crippen LogP contribution is 2.12. The third kappa shape index (κ3) is 4.19. The second-order valence-corrected chi connectivity index (χ2v) is 4.52. The van der Waals surface area contributed by atoms with Crippen LogP contribution in [0.5, 0.6) is 0 Å². The molecule has 0 saturated carbocycles. The fourth-order valence-electron chi connectivity index (χ4n) is 1.30. The molecule has 0 radical (unpaired) electrons. The van der Waals surface area contributed by atoms with E-state index in [0.29, 0.717) is 24.0 Å². The number of hydrogen-bond donors (Lipinski definition) is 2. The van der Waals surface area contributed by atoms with Crippen LogP contribution < -0.4 is 11.1 Å². The van der Waals surface area contributed by atoms with Gasteiger partial charge >= 0.3 is 0 Å². The Kier molecular flexibility index (Phi) is 5.15. The molecular weight excluding hydrogens is 218 g/mol. The van der Waals surface area contributed by atoms with Gasteiger partial charge in [0, 0.05) is 6.54 Å². The fraction of sp³-hybridized carbons (Fsp3) is 0.667. The maximum Gasteiger partial charge on any atom is 0.273 e. The minimum absolute atomic E-state index is 0.205. The molecule has 0 aromatic carbocycles. The van der Waals surface area contributed by atoms with Gasteiger partial charge in [-0.3, -0.25) is 4.79 Å². The molecule has 0 fully saturated rings. The van der Waals surface area contributed by atoms with E-state index in [4.69, 9.17) is 10.2 Å². The van der Waals surface area contributed by atoms with Crippen molar-refractivity contribution in [3.8, 4) is 0 Å². The minimum atomic E-state index is -0.243. The van der Waals surface area contributed by atoms with Crippen molar-refractivity contribution in [1.29, 1.82) is 0 Å². The quantitative estimate of drug-likeness (QED) is 0.794. The number of hydrogen-bond acceptors (Lipinski definition) is 4. The van der Waals surface area contributed by atoms with Gasteiger partial charge in [0.2, 0.25) is 5.89 Å². The first-order valence-corrected chi connectivity index (χ1v) is 6.03. The van der Waals surface area contributed by atoms with E-state index in [1.807, 2.05) is 6.92 Å². The molecule has 5 nitrogen and oxygen atoms in total. The highest BCUT2D eigenvalue weighted by Gasteiger charge is 2.15. The van der Waals surface area contributed by atoms with Crippen molar-refractivity contribution in [1.82, 2.24) is 10.3 Å². The minimum Gasteiger partial charge on any atom is -0.446 e. The molecular formula is C12H21N3O2. The molecule has 1 aromatic rings. The standard InChI is InChI=1S/C12H21N3O2/c1-4-9(13)12-15-10(7-17-12)11(16)14-6-5-8(2)3/h7-9H,4-6,13H2,1-3H3,(H,14,16). The number of rotatable bonds is 6. The Morgan fingerprint density at radius 3 is 2.88 bits per heavy atom. The molecule has 1 unspecified atom stereocenters. The molecule has 1 heterocycles. The van der Waals surface area contributed by atoms with E-state index in [0.717, 1.165) is 12.8 Å². The van der Waals surface area contributed by atoms with Crippen molar-refractivity contribution in [2.75, 3.05) is 6.54 Å². The van der Waals surface area contributed by atoms with E-state index in [1.54, 1.807) is 0 Å². The summed E-state index contributed by atoms with van der Waals surface area (Å²) in [5.74, 6) is 0.780. The highest BCUT2D eigenvalue weighted by molar-refractivity contribution is 5.91. The monoisotopic (exact) mass is 239 g/mol. The first-order valence-electron chi connectivity index (χ1n) is 6.03. The third-order valence-electron chi connectivity index (χ3n) is 2.52. The summed E-state index contributed by atoms with van der Waals surface area (Å²) < 4.78 is 5.17. The van der Waals surface area contributed by atoms with Crippen molar-refractivity contribution in [2.45, 2.75) is 39.7 Å². The number of nitrogens with one attached hydrogen (secondary N) is 1. The SMILES string of the molecule is CCC(N)c1nc(C(=O)NCCC(C)C)co1. The smallest absolute Gasteiger partial charge is 0.273 e. The summed E-state index contributed by atoms with van der Waals surface area (Å²) in [6.07, 6.45) is 3.04. The van der Waals surface area contributed by atoms with E-state index < -0.39 is 0 Å². The van der Waals surface area contributed by atoms with E-state index in [9.17, 15) is 4.79 Å². The molecule has 1 atom stereocenters. The lowest BCUT2D eigenvalue weighted by atomic mass is 10.1. The number of oxazole rings is 1. The Hall–Kier alpha value is -1.36. The highest BCUT2D eigenvalue weighted by atomic mass is 16.3. The molecule has 1 amide bonds. The lowest BCUT2D eigenvalue weighted by Crippen LogP contribution is -2.25. The molecule has 3 N–H and O–H groups in total. The third-order valence-corrected chi connectivity index (χ3v) is 2.52. The van der Waals surface area contributed by atoms with Crippen LogP contribution in [0.3, 0.4) is 0 Å². The summed E-state index contributed by atoms with van der Waals surface area (Å²) in [6, 6.07) is -0.243.